The molecular formula is C14H17N. The number of hydrogen-bond acceptors (Lipinski definition) is 1. The first-order chi connectivity index (χ1) is 7.08. The van der Waals surface area contributed by atoms with Gasteiger partial charge >= 0.3 is 0 Å². The number of benzene rings is 1. The molecule has 0 N–H and O–H groups in total. The summed E-state index contributed by atoms with van der Waals surface area (Å²) in [6.07, 6.45) is 0. The molecule has 0 bridgehead atoms. The van der Waals surface area contributed by atoms with E-state index >= 15 is 0 Å². The van der Waals surface area contributed by atoms with Crippen molar-refractivity contribution in [2.24, 2.45) is 0 Å². The lowest BCUT2D eigenvalue weighted by molar-refractivity contribution is 0.868. The Morgan fingerprint density at radius 2 is 1.80 bits per heavy atom. The minimum Gasteiger partial charge on any atom is -0.253 e. The van der Waals surface area contributed by atoms with Gasteiger partial charge in [0.15, 0.2) is 0 Å². The van der Waals surface area contributed by atoms with Gasteiger partial charge in [-0.25, -0.2) is 0 Å². The summed E-state index contributed by atoms with van der Waals surface area (Å²) in [4.78, 5) is 4.58. The van der Waals surface area contributed by atoms with E-state index in [9.17, 15) is 0 Å². The van der Waals surface area contributed by atoms with Crippen LogP contribution in [0.4, 0.5) is 0 Å². The van der Waals surface area contributed by atoms with Crippen molar-refractivity contribution >= 4 is 10.9 Å². The lowest BCUT2D eigenvalue weighted by atomic mass is 10.0. The Morgan fingerprint density at radius 3 is 2.47 bits per heavy atom. The second-order valence-electron chi connectivity index (χ2n) is 4.50. The van der Waals surface area contributed by atoms with E-state index in [0.717, 1.165) is 11.2 Å². The zero-order valence-corrected chi connectivity index (χ0v) is 9.83. The van der Waals surface area contributed by atoms with Gasteiger partial charge in [0, 0.05) is 11.1 Å². The van der Waals surface area contributed by atoms with Crippen LogP contribution in [-0.2, 0) is 0 Å². The van der Waals surface area contributed by atoms with Crippen LogP contribution in [0.25, 0.3) is 10.9 Å². The smallest absolute Gasteiger partial charge is 0.0705 e. The molecule has 0 spiro atoms. The third kappa shape index (κ3) is 1.87. The summed E-state index contributed by atoms with van der Waals surface area (Å²) in [5, 5.41) is 1.25. The Kier molecular flexibility index (Phi) is 2.47. The minimum atomic E-state index is 0.580. The largest absolute Gasteiger partial charge is 0.253 e. The Morgan fingerprint density at radius 1 is 1.07 bits per heavy atom. The molecule has 2 aromatic rings. The molecule has 0 saturated heterocycles. The summed E-state index contributed by atoms with van der Waals surface area (Å²) in [6.45, 7) is 8.61. The first-order valence-corrected chi connectivity index (χ1v) is 5.46. The maximum absolute atomic E-state index is 4.58. The van der Waals surface area contributed by atoms with E-state index in [1.54, 1.807) is 0 Å². The number of rotatable bonds is 1. The standard InChI is InChI=1S/C14H17N/c1-9(2)12-5-6-14-13(8-12)7-10(3)11(4)15-14/h5-9H,1-4H3. The molecule has 0 atom stereocenters. The molecule has 0 radical (unpaired) electrons. The third-order valence-electron chi connectivity index (χ3n) is 2.95. The van der Waals surface area contributed by atoms with Gasteiger partial charge < -0.3 is 0 Å². The zero-order valence-electron chi connectivity index (χ0n) is 9.83. The van der Waals surface area contributed by atoms with Gasteiger partial charge in [0.1, 0.15) is 0 Å². The number of hydrogen-bond donors (Lipinski definition) is 0. The predicted octanol–water partition coefficient (Wildman–Crippen LogP) is 3.98. The quantitative estimate of drug-likeness (QED) is 0.677. The fourth-order valence-electron chi connectivity index (χ4n) is 1.76. The van der Waals surface area contributed by atoms with Crippen molar-refractivity contribution in [1.29, 1.82) is 0 Å². The van der Waals surface area contributed by atoms with Gasteiger partial charge in [0.2, 0.25) is 0 Å². The fourth-order valence-corrected chi connectivity index (χ4v) is 1.76. The van der Waals surface area contributed by atoms with E-state index in [1.165, 1.54) is 16.5 Å². The molecule has 1 aromatic carbocycles. The Hall–Kier alpha value is -1.37. The van der Waals surface area contributed by atoms with Crippen LogP contribution in [0.1, 0.15) is 36.6 Å². The zero-order chi connectivity index (χ0) is 11.0. The molecule has 0 unspecified atom stereocenters. The number of aryl methyl sites for hydroxylation is 2. The van der Waals surface area contributed by atoms with E-state index in [-0.39, 0.29) is 0 Å². The normalized spacial score (nSPS) is 11.3. The van der Waals surface area contributed by atoms with Crippen LogP contribution >= 0.6 is 0 Å². The van der Waals surface area contributed by atoms with Crippen LogP contribution in [0.3, 0.4) is 0 Å². The van der Waals surface area contributed by atoms with E-state index < -0.39 is 0 Å². The van der Waals surface area contributed by atoms with E-state index in [0.29, 0.717) is 5.92 Å². The van der Waals surface area contributed by atoms with Crippen molar-refractivity contribution < 1.29 is 0 Å². The van der Waals surface area contributed by atoms with E-state index in [2.05, 4.69) is 56.9 Å². The molecule has 1 heteroatoms. The van der Waals surface area contributed by atoms with E-state index in [1.807, 2.05) is 0 Å². The van der Waals surface area contributed by atoms with Crippen LogP contribution in [0.5, 0.6) is 0 Å². The molecule has 0 aliphatic rings. The van der Waals surface area contributed by atoms with Crippen molar-refractivity contribution in [2.45, 2.75) is 33.6 Å². The van der Waals surface area contributed by atoms with Crippen molar-refractivity contribution in [3.05, 3.63) is 41.1 Å². The number of aromatic nitrogens is 1. The molecule has 0 amide bonds. The van der Waals surface area contributed by atoms with Gasteiger partial charge in [-0.3, -0.25) is 4.98 Å². The molecule has 1 heterocycles. The van der Waals surface area contributed by atoms with Crippen LogP contribution in [0, 0.1) is 13.8 Å². The number of fused-ring (bicyclic) bond motifs is 1. The molecule has 0 saturated carbocycles. The Bertz CT molecular complexity index is 498. The van der Waals surface area contributed by atoms with Gasteiger partial charge in [0.25, 0.3) is 0 Å². The molecule has 15 heavy (non-hydrogen) atoms. The average Bonchev–Trinajstić information content (AvgIpc) is 2.19. The number of nitrogens with zero attached hydrogens (tertiary/aromatic N) is 1. The summed E-state index contributed by atoms with van der Waals surface area (Å²) < 4.78 is 0. The van der Waals surface area contributed by atoms with Gasteiger partial charge in [-0.05, 0) is 49.1 Å². The van der Waals surface area contributed by atoms with Crippen LogP contribution < -0.4 is 0 Å². The molecule has 78 valence electrons. The molecule has 2 rings (SSSR count). The number of pyridine rings is 1. The van der Waals surface area contributed by atoms with Crippen LogP contribution in [0.15, 0.2) is 24.3 Å². The predicted molar refractivity (Wildman–Crippen MR) is 65.3 cm³/mol. The Balaban J connectivity index is 2.66. The summed E-state index contributed by atoms with van der Waals surface area (Å²) in [6, 6.07) is 8.77. The molecular weight excluding hydrogens is 182 g/mol. The second-order valence-corrected chi connectivity index (χ2v) is 4.50. The lowest BCUT2D eigenvalue weighted by Gasteiger charge is -2.08. The lowest BCUT2D eigenvalue weighted by Crippen LogP contribution is -1.91. The monoisotopic (exact) mass is 199 g/mol. The van der Waals surface area contributed by atoms with Crippen molar-refractivity contribution in [1.82, 2.24) is 4.98 Å². The first-order valence-electron chi connectivity index (χ1n) is 5.46. The van der Waals surface area contributed by atoms with Gasteiger partial charge in [-0.1, -0.05) is 19.9 Å². The molecule has 1 nitrogen and oxygen atoms in total. The summed E-state index contributed by atoms with van der Waals surface area (Å²) in [5.74, 6) is 0.580. The minimum absolute atomic E-state index is 0.580. The van der Waals surface area contributed by atoms with Gasteiger partial charge in [0.05, 0.1) is 5.52 Å². The molecule has 0 aliphatic heterocycles. The van der Waals surface area contributed by atoms with Crippen LogP contribution in [0.2, 0.25) is 0 Å². The topological polar surface area (TPSA) is 12.9 Å². The van der Waals surface area contributed by atoms with Crippen molar-refractivity contribution in [3.8, 4) is 0 Å². The third-order valence-corrected chi connectivity index (χ3v) is 2.95. The van der Waals surface area contributed by atoms with Crippen molar-refractivity contribution in [2.75, 3.05) is 0 Å². The SMILES string of the molecule is Cc1cc2cc(C(C)C)ccc2nc1C. The van der Waals surface area contributed by atoms with E-state index in [4.69, 9.17) is 0 Å². The molecule has 0 aliphatic carbocycles. The highest BCUT2D eigenvalue weighted by atomic mass is 14.7. The maximum atomic E-state index is 4.58. The summed E-state index contributed by atoms with van der Waals surface area (Å²) in [7, 11) is 0. The average molecular weight is 199 g/mol. The highest BCUT2D eigenvalue weighted by molar-refractivity contribution is 5.80. The van der Waals surface area contributed by atoms with Crippen molar-refractivity contribution in [3.63, 3.8) is 0 Å². The maximum Gasteiger partial charge on any atom is 0.0705 e. The summed E-state index contributed by atoms with van der Waals surface area (Å²) >= 11 is 0. The second kappa shape index (κ2) is 3.65. The summed E-state index contributed by atoms with van der Waals surface area (Å²) in [5.41, 5.74) is 4.87. The fraction of sp³-hybridized carbons (Fsp3) is 0.357. The molecule has 1 aromatic heterocycles. The Labute approximate surface area is 91.2 Å². The first kappa shape index (κ1) is 10.2. The molecule has 0 fully saturated rings. The van der Waals surface area contributed by atoms with Crippen LogP contribution in [-0.4, -0.2) is 4.98 Å². The van der Waals surface area contributed by atoms with Gasteiger partial charge in [-0.15, -0.1) is 0 Å². The highest BCUT2D eigenvalue weighted by Gasteiger charge is 2.03. The highest BCUT2D eigenvalue weighted by Crippen LogP contribution is 2.21. The van der Waals surface area contributed by atoms with Gasteiger partial charge in [-0.2, -0.15) is 0 Å².